The SMILES string of the molecule is CCC(COC)NC1(c2ccccc2)CC1. The summed E-state index contributed by atoms with van der Waals surface area (Å²) in [6.07, 6.45) is 3.61. The normalized spacial score (nSPS) is 19.4. The average molecular weight is 219 g/mol. The highest BCUT2D eigenvalue weighted by Crippen LogP contribution is 2.45. The van der Waals surface area contributed by atoms with Crippen molar-refractivity contribution in [2.45, 2.75) is 37.8 Å². The predicted molar refractivity (Wildman–Crippen MR) is 66.4 cm³/mol. The fraction of sp³-hybridized carbons (Fsp3) is 0.571. The molecule has 0 heterocycles. The fourth-order valence-electron chi connectivity index (χ4n) is 2.25. The van der Waals surface area contributed by atoms with E-state index in [4.69, 9.17) is 4.74 Å². The van der Waals surface area contributed by atoms with E-state index in [1.165, 1.54) is 18.4 Å². The predicted octanol–water partition coefficient (Wildman–Crippen LogP) is 2.69. The summed E-state index contributed by atoms with van der Waals surface area (Å²) in [6.45, 7) is 3.00. The maximum Gasteiger partial charge on any atom is 0.0616 e. The molecule has 2 nitrogen and oxygen atoms in total. The van der Waals surface area contributed by atoms with E-state index in [0.29, 0.717) is 6.04 Å². The highest BCUT2D eigenvalue weighted by atomic mass is 16.5. The van der Waals surface area contributed by atoms with Crippen LogP contribution in [0.1, 0.15) is 31.7 Å². The summed E-state index contributed by atoms with van der Waals surface area (Å²) in [4.78, 5) is 0. The van der Waals surface area contributed by atoms with Gasteiger partial charge in [0.2, 0.25) is 0 Å². The van der Waals surface area contributed by atoms with Gasteiger partial charge in [-0.3, -0.25) is 0 Å². The number of ether oxygens (including phenoxy) is 1. The number of hydrogen-bond donors (Lipinski definition) is 1. The molecule has 0 bridgehead atoms. The second kappa shape index (κ2) is 4.98. The van der Waals surface area contributed by atoms with Crippen molar-refractivity contribution in [1.29, 1.82) is 0 Å². The van der Waals surface area contributed by atoms with Crippen molar-refractivity contribution in [3.63, 3.8) is 0 Å². The number of benzene rings is 1. The molecule has 1 aromatic carbocycles. The van der Waals surface area contributed by atoms with Gasteiger partial charge in [0, 0.05) is 18.7 Å². The summed E-state index contributed by atoms with van der Waals surface area (Å²) in [6, 6.07) is 11.2. The molecule has 2 rings (SSSR count). The van der Waals surface area contributed by atoms with Gasteiger partial charge in [-0.1, -0.05) is 37.3 Å². The lowest BCUT2D eigenvalue weighted by molar-refractivity contribution is 0.156. The monoisotopic (exact) mass is 219 g/mol. The average Bonchev–Trinajstić information content (AvgIpc) is 3.11. The van der Waals surface area contributed by atoms with E-state index in [1.807, 2.05) is 0 Å². The number of hydrogen-bond acceptors (Lipinski definition) is 2. The van der Waals surface area contributed by atoms with E-state index in [-0.39, 0.29) is 5.54 Å². The van der Waals surface area contributed by atoms with E-state index in [1.54, 1.807) is 7.11 Å². The quantitative estimate of drug-likeness (QED) is 0.794. The first kappa shape index (κ1) is 11.6. The van der Waals surface area contributed by atoms with Crippen LogP contribution in [0.4, 0.5) is 0 Å². The summed E-state index contributed by atoms with van der Waals surface area (Å²) >= 11 is 0. The molecule has 1 aromatic rings. The van der Waals surface area contributed by atoms with Gasteiger partial charge < -0.3 is 10.1 Å². The van der Waals surface area contributed by atoms with Crippen LogP contribution in [0.3, 0.4) is 0 Å². The molecular weight excluding hydrogens is 198 g/mol. The van der Waals surface area contributed by atoms with E-state index in [9.17, 15) is 0 Å². The standard InChI is InChI=1S/C14H21NO/c1-3-13(11-16-2)15-14(9-10-14)12-7-5-4-6-8-12/h4-8,13,15H,3,9-11H2,1-2H3. The molecule has 1 saturated carbocycles. The first-order valence-corrected chi connectivity index (χ1v) is 6.13. The maximum absolute atomic E-state index is 5.24. The molecule has 0 aliphatic heterocycles. The molecule has 2 heteroatoms. The Bertz CT molecular complexity index is 319. The highest BCUT2D eigenvalue weighted by Gasteiger charge is 2.44. The second-order valence-corrected chi connectivity index (χ2v) is 4.65. The van der Waals surface area contributed by atoms with Crippen LogP contribution in [0.25, 0.3) is 0 Å². The van der Waals surface area contributed by atoms with Gasteiger partial charge in [-0.15, -0.1) is 0 Å². The van der Waals surface area contributed by atoms with Crippen molar-refractivity contribution in [3.8, 4) is 0 Å². The second-order valence-electron chi connectivity index (χ2n) is 4.65. The van der Waals surface area contributed by atoms with Crippen molar-refractivity contribution >= 4 is 0 Å². The van der Waals surface area contributed by atoms with Crippen LogP contribution in [0, 0.1) is 0 Å². The molecule has 1 aliphatic carbocycles. The van der Waals surface area contributed by atoms with Crippen LogP contribution in [0.15, 0.2) is 30.3 Å². The number of nitrogens with one attached hydrogen (secondary N) is 1. The largest absolute Gasteiger partial charge is 0.383 e. The third-order valence-corrected chi connectivity index (χ3v) is 3.42. The molecule has 0 amide bonds. The molecule has 1 N–H and O–H groups in total. The van der Waals surface area contributed by atoms with Gasteiger partial charge >= 0.3 is 0 Å². The number of rotatable bonds is 6. The summed E-state index contributed by atoms with van der Waals surface area (Å²) in [7, 11) is 1.77. The van der Waals surface area contributed by atoms with E-state index < -0.39 is 0 Å². The summed E-state index contributed by atoms with van der Waals surface area (Å²) in [5.74, 6) is 0. The smallest absolute Gasteiger partial charge is 0.0616 e. The minimum atomic E-state index is 0.237. The Balaban J connectivity index is 2.03. The fourth-order valence-corrected chi connectivity index (χ4v) is 2.25. The van der Waals surface area contributed by atoms with Gasteiger partial charge in [-0.25, -0.2) is 0 Å². The lowest BCUT2D eigenvalue weighted by Gasteiger charge is -2.24. The molecule has 88 valence electrons. The molecule has 0 radical (unpaired) electrons. The molecule has 1 aliphatic rings. The Morgan fingerprint density at radius 3 is 2.50 bits per heavy atom. The molecule has 1 unspecified atom stereocenters. The van der Waals surface area contributed by atoms with Crippen molar-refractivity contribution < 1.29 is 4.74 Å². The lowest BCUT2D eigenvalue weighted by atomic mass is 10.0. The molecule has 0 spiro atoms. The summed E-state index contributed by atoms with van der Waals surface area (Å²) < 4.78 is 5.24. The van der Waals surface area contributed by atoms with E-state index in [2.05, 4.69) is 42.6 Å². The van der Waals surface area contributed by atoms with Crippen LogP contribution in [-0.2, 0) is 10.3 Å². The number of methoxy groups -OCH3 is 1. The minimum Gasteiger partial charge on any atom is -0.383 e. The lowest BCUT2D eigenvalue weighted by Crippen LogP contribution is -2.40. The third kappa shape index (κ3) is 2.45. The zero-order valence-corrected chi connectivity index (χ0v) is 10.2. The maximum atomic E-state index is 5.24. The van der Waals surface area contributed by atoms with Crippen LogP contribution in [-0.4, -0.2) is 19.8 Å². The van der Waals surface area contributed by atoms with Gasteiger partial charge in [0.25, 0.3) is 0 Å². The Kier molecular flexibility index (Phi) is 3.62. The van der Waals surface area contributed by atoms with Crippen LogP contribution in [0.2, 0.25) is 0 Å². The zero-order valence-electron chi connectivity index (χ0n) is 10.2. The van der Waals surface area contributed by atoms with Gasteiger partial charge in [-0.2, -0.15) is 0 Å². The van der Waals surface area contributed by atoms with Gasteiger partial charge in [0.15, 0.2) is 0 Å². The van der Waals surface area contributed by atoms with E-state index >= 15 is 0 Å². The first-order valence-electron chi connectivity index (χ1n) is 6.13. The molecule has 0 saturated heterocycles. The molecule has 1 fully saturated rings. The van der Waals surface area contributed by atoms with Gasteiger partial charge in [-0.05, 0) is 24.8 Å². The summed E-state index contributed by atoms with van der Waals surface area (Å²) in [5, 5.41) is 3.75. The molecule has 16 heavy (non-hydrogen) atoms. The first-order chi connectivity index (χ1) is 7.80. The van der Waals surface area contributed by atoms with Gasteiger partial charge in [0.1, 0.15) is 0 Å². The molecular formula is C14H21NO. The molecule has 0 aromatic heterocycles. The van der Waals surface area contributed by atoms with E-state index in [0.717, 1.165) is 13.0 Å². The minimum absolute atomic E-state index is 0.237. The Morgan fingerprint density at radius 1 is 1.31 bits per heavy atom. The van der Waals surface area contributed by atoms with Crippen LogP contribution in [0.5, 0.6) is 0 Å². The highest BCUT2D eigenvalue weighted by molar-refractivity contribution is 5.30. The Morgan fingerprint density at radius 2 is 2.00 bits per heavy atom. The van der Waals surface area contributed by atoms with Gasteiger partial charge in [0.05, 0.1) is 6.61 Å². The third-order valence-electron chi connectivity index (χ3n) is 3.42. The summed E-state index contributed by atoms with van der Waals surface area (Å²) in [5.41, 5.74) is 1.66. The zero-order chi connectivity index (χ0) is 11.4. The van der Waals surface area contributed by atoms with Crippen molar-refractivity contribution in [2.75, 3.05) is 13.7 Å². The van der Waals surface area contributed by atoms with Crippen molar-refractivity contribution in [3.05, 3.63) is 35.9 Å². The van der Waals surface area contributed by atoms with Crippen molar-refractivity contribution in [2.24, 2.45) is 0 Å². The molecule has 1 atom stereocenters. The van der Waals surface area contributed by atoms with Crippen LogP contribution >= 0.6 is 0 Å². The van der Waals surface area contributed by atoms with Crippen molar-refractivity contribution in [1.82, 2.24) is 5.32 Å². The Labute approximate surface area is 98.0 Å². The van der Waals surface area contributed by atoms with Crippen LogP contribution < -0.4 is 5.32 Å². The Hall–Kier alpha value is -0.860. The topological polar surface area (TPSA) is 21.3 Å².